The quantitative estimate of drug-likeness (QED) is 0.900. The molecular weight excluding hydrogens is 240 g/mol. The molecule has 19 heavy (non-hydrogen) atoms. The van der Waals surface area contributed by atoms with E-state index in [0.29, 0.717) is 11.6 Å². The molecule has 1 aliphatic heterocycles. The van der Waals surface area contributed by atoms with Gasteiger partial charge in [-0.05, 0) is 30.5 Å². The summed E-state index contributed by atoms with van der Waals surface area (Å²) in [7, 11) is 1.64. The zero-order valence-electron chi connectivity index (χ0n) is 11.3. The summed E-state index contributed by atoms with van der Waals surface area (Å²) in [6.07, 6.45) is 1.09. The van der Waals surface area contributed by atoms with Crippen LogP contribution >= 0.6 is 0 Å². The van der Waals surface area contributed by atoms with Crippen LogP contribution in [0, 0.1) is 5.92 Å². The topological polar surface area (TPSA) is 45.3 Å². The Labute approximate surface area is 112 Å². The lowest BCUT2D eigenvalue weighted by atomic mass is 10.2. The smallest absolute Gasteiger partial charge is 0.270 e. The largest absolute Gasteiger partial charge is 0.496 e. The number of methoxy groups -OCH3 is 1. The standard InChI is InChI=1S/C15H18N2O2/c1-10-6-7-17(9-10)15(18)13-8-11-12(16-13)4-3-5-14(11)19-2/h3-5,8,10,16H,6-7,9H2,1-2H3. The Morgan fingerprint density at radius 3 is 3.00 bits per heavy atom. The molecule has 0 spiro atoms. The molecule has 4 nitrogen and oxygen atoms in total. The molecule has 1 atom stereocenters. The van der Waals surface area contributed by atoms with Crippen molar-refractivity contribution in [1.82, 2.24) is 9.88 Å². The molecule has 1 saturated heterocycles. The van der Waals surface area contributed by atoms with Gasteiger partial charge >= 0.3 is 0 Å². The van der Waals surface area contributed by atoms with Crippen molar-refractivity contribution in [3.8, 4) is 5.75 Å². The highest BCUT2D eigenvalue weighted by Gasteiger charge is 2.25. The summed E-state index contributed by atoms with van der Waals surface area (Å²) < 4.78 is 5.32. The Bertz CT molecular complexity index is 618. The molecule has 0 bridgehead atoms. The zero-order valence-corrected chi connectivity index (χ0v) is 11.3. The molecule has 1 N–H and O–H groups in total. The first-order chi connectivity index (χ1) is 9.19. The van der Waals surface area contributed by atoms with Crippen LogP contribution in [0.15, 0.2) is 24.3 Å². The van der Waals surface area contributed by atoms with Crippen molar-refractivity contribution >= 4 is 16.8 Å². The monoisotopic (exact) mass is 258 g/mol. The Morgan fingerprint density at radius 2 is 2.32 bits per heavy atom. The van der Waals surface area contributed by atoms with Gasteiger partial charge < -0.3 is 14.6 Å². The maximum atomic E-state index is 12.4. The van der Waals surface area contributed by atoms with E-state index in [0.717, 1.165) is 36.2 Å². The number of hydrogen-bond acceptors (Lipinski definition) is 2. The van der Waals surface area contributed by atoms with E-state index in [1.54, 1.807) is 7.11 Å². The third-order valence-electron chi connectivity index (χ3n) is 3.79. The summed E-state index contributed by atoms with van der Waals surface area (Å²) >= 11 is 0. The summed E-state index contributed by atoms with van der Waals surface area (Å²) in [5.74, 6) is 1.48. The number of H-pyrrole nitrogens is 1. The highest BCUT2D eigenvalue weighted by Crippen LogP contribution is 2.27. The van der Waals surface area contributed by atoms with Gasteiger partial charge in [0.05, 0.1) is 7.11 Å². The van der Waals surface area contributed by atoms with Gasteiger partial charge in [0.2, 0.25) is 0 Å². The van der Waals surface area contributed by atoms with Gasteiger partial charge in [-0.1, -0.05) is 13.0 Å². The number of rotatable bonds is 2. The number of aromatic nitrogens is 1. The number of carbonyl (C=O) groups is 1. The Morgan fingerprint density at radius 1 is 1.47 bits per heavy atom. The minimum atomic E-state index is 0.0857. The molecule has 4 heteroatoms. The number of likely N-dealkylation sites (tertiary alicyclic amines) is 1. The van der Waals surface area contributed by atoms with E-state index in [-0.39, 0.29) is 5.91 Å². The number of nitrogens with zero attached hydrogens (tertiary/aromatic N) is 1. The normalized spacial score (nSPS) is 19.1. The summed E-state index contributed by atoms with van der Waals surface area (Å²) in [5, 5.41) is 0.959. The van der Waals surface area contributed by atoms with Crippen molar-refractivity contribution in [3.63, 3.8) is 0 Å². The molecule has 1 aliphatic rings. The van der Waals surface area contributed by atoms with E-state index in [2.05, 4.69) is 11.9 Å². The van der Waals surface area contributed by atoms with Crippen LogP contribution in [0.4, 0.5) is 0 Å². The molecular formula is C15H18N2O2. The average molecular weight is 258 g/mol. The predicted octanol–water partition coefficient (Wildman–Crippen LogP) is 2.66. The van der Waals surface area contributed by atoms with Crippen LogP contribution < -0.4 is 4.74 Å². The summed E-state index contributed by atoms with van der Waals surface area (Å²) in [6.45, 7) is 3.89. The predicted molar refractivity (Wildman–Crippen MR) is 74.5 cm³/mol. The average Bonchev–Trinajstić information content (AvgIpc) is 3.03. The summed E-state index contributed by atoms with van der Waals surface area (Å²) in [6, 6.07) is 7.67. The lowest BCUT2D eigenvalue weighted by Crippen LogP contribution is -2.28. The van der Waals surface area contributed by atoms with Crippen molar-refractivity contribution in [3.05, 3.63) is 30.0 Å². The van der Waals surface area contributed by atoms with Gasteiger partial charge in [-0.25, -0.2) is 0 Å². The van der Waals surface area contributed by atoms with Crippen molar-refractivity contribution in [2.45, 2.75) is 13.3 Å². The van der Waals surface area contributed by atoms with Crippen LogP contribution in [0.2, 0.25) is 0 Å². The first-order valence-corrected chi connectivity index (χ1v) is 6.64. The van der Waals surface area contributed by atoms with E-state index < -0.39 is 0 Å². The highest BCUT2D eigenvalue weighted by molar-refractivity contribution is 5.99. The summed E-state index contributed by atoms with van der Waals surface area (Å²) in [5.41, 5.74) is 1.59. The first kappa shape index (κ1) is 12.1. The zero-order chi connectivity index (χ0) is 13.4. The van der Waals surface area contributed by atoms with Crippen molar-refractivity contribution in [2.24, 2.45) is 5.92 Å². The van der Waals surface area contributed by atoms with Crippen LogP contribution in [-0.4, -0.2) is 36.0 Å². The fourth-order valence-corrected chi connectivity index (χ4v) is 2.71. The lowest BCUT2D eigenvalue weighted by Gasteiger charge is -2.14. The Balaban J connectivity index is 1.95. The van der Waals surface area contributed by atoms with Crippen molar-refractivity contribution in [2.75, 3.05) is 20.2 Å². The number of aromatic amines is 1. The number of hydrogen-bond donors (Lipinski definition) is 1. The van der Waals surface area contributed by atoms with E-state index in [9.17, 15) is 4.79 Å². The highest BCUT2D eigenvalue weighted by atomic mass is 16.5. The molecule has 1 fully saturated rings. The van der Waals surface area contributed by atoms with Gasteiger partial charge in [0.25, 0.3) is 5.91 Å². The van der Waals surface area contributed by atoms with Crippen LogP contribution in [0.3, 0.4) is 0 Å². The van der Waals surface area contributed by atoms with E-state index >= 15 is 0 Å². The third-order valence-corrected chi connectivity index (χ3v) is 3.79. The van der Waals surface area contributed by atoms with E-state index in [4.69, 9.17) is 4.74 Å². The molecule has 0 aliphatic carbocycles. The minimum Gasteiger partial charge on any atom is -0.496 e. The third kappa shape index (κ3) is 2.07. The molecule has 2 aromatic rings. The summed E-state index contributed by atoms with van der Waals surface area (Å²) in [4.78, 5) is 17.5. The maximum Gasteiger partial charge on any atom is 0.270 e. The molecule has 1 unspecified atom stereocenters. The van der Waals surface area contributed by atoms with Gasteiger partial charge in [0.1, 0.15) is 11.4 Å². The molecule has 1 aromatic heterocycles. The molecule has 1 aromatic carbocycles. The maximum absolute atomic E-state index is 12.4. The molecule has 2 heterocycles. The van der Waals surface area contributed by atoms with Gasteiger partial charge in [-0.2, -0.15) is 0 Å². The van der Waals surface area contributed by atoms with Crippen molar-refractivity contribution < 1.29 is 9.53 Å². The number of nitrogens with one attached hydrogen (secondary N) is 1. The molecule has 100 valence electrons. The molecule has 0 saturated carbocycles. The van der Waals surface area contributed by atoms with Gasteiger partial charge in [-0.3, -0.25) is 4.79 Å². The fourth-order valence-electron chi connectivity index (χ4n) is 2.71. The minimum absolute atomic E-state index is 0.0857. The van der Waals surface area contributed by atoms with Gasteiger partial charge in [-0.15, -0.1) is 0 Å². The first-order valence-electron chi connectivity index (χ1n) is 6.64. The molecule has 3 rings (SSSR count). The van der Waals surface area contributed by atoms with Crippen LogP contribution in [0.25, 0.3) is 10.9 Å². The van der Waals surface area contributed by atoms with Crippen LogP contribution in [0.5, 0.6) is 5.75 Å². The van der Waals surface area contributed by atoms with Crippen LogP contribution in [-0.2, 0) is 0 Å². The second-order valence-electron chi connectivity index (χ2n) is 5.25. The van der Waals surface area contributed by atoms with Crippen molar-refractivity contribution in [1.29, 1.82) is 0 Å². The van der Waals surface area contributed by atoms with Gasteiger partial charge in [0, 0.05) is 24.0 Å². The fraction of sp³-hybridized carbons (Fsp3) is 0.400. The number of amides is 1. The second kappa shape index (κ2) is 4.61. The van der Waals surface area contributed by atoms with Gasteiger partial charge in [0.15, 0.2) is 0 Å². The number of fused-ring (bicyclic) bond motifs is 1. The Hall–Kier alpha value is -1.97. The lowest BCUT2D eigenvalue weighted by molar-refractivity contribution is 0.0783. The SMILES string of the molecule is COc1cccc2[nH]c(C(=O)N3CCC(C)C3)cc12. The van der Waals surface area contributed by atoms with E-state index in [1.807, 2.05) is 29.2 Å². The van der Waals surface area contributed by atoms with E-state index in [1.165, 1.54) is 0 Å². The Kier molecular flexibility index (Phi) is 2.93. The number of carbonyl (C=O) groups excluding carboxylic acids is 1. The molecule has 0 radical (unpaired) electrons. The number of ether oxygens (including phenoxy) is 1. The number of benzene rings is 1. The second-order valence-corrected chi connectivity index (χ2v) is 5.25. The molecule has 1 amide bonds. The van der Waals surface area contributed by atoms with Crippen LogP contribution in [0.1, 0.15) is 23.8 Å².